The summed E-state index contributed by atoms with van der Waals surface area (Å²) < 4.78 is 0. The molecule has 0 radical (unpaired) electrons. The number of amides is 1. The molecule has 3 aromatic heterocycles. The molecule has 1 fully saturated rings. The molecule has 1 amide bonds. The maximum atomic E-state index is 13.5. The SMILES string of the molecule is Cc1ccc2c(-c3cncnc3)c(CN3C(=O)C4(CNC4)c4ccncc43)ncc2c1. The summed E-state index contributed by atoms with van der Waals surface area (Å²) in [5, 5.41) is 5.39. The number of aryl methyl sites for hydroxylation is 1. The Labute approximate surface area is 179 Å². The van der Waals surface area contributed by atoms with E-state index in [0.717, 1.165) is 38.8 Å². The van der Waals surface area contributed by atoms with Crippen molar-refractivity contribution < 1.29 is 4.79 Å². The molecule has 1 aromatic carbocycles. The molecule has 7 heteroatoms. The molecule has 4 aromatic rings. The van der Waals surface area contributed by atoms with Crippen LogP contribution in [0.3, 0.4) is 0 Å². The van der Waals surface area contributed by atoms with E-state index in [9.17, 15) is 4.79 Å². The molecule has 2 aliphatic rings. The Bertz CT molecular complexity index is 1330. The molecule has 6 rings (SSSR count). The van der Waals surface area contributed by atoms with E-state index in [1.165, 1.54) is 11.9 Å². The Hall–Kier alpha value is -3.71. The zero-order valence-corrected chi connectivity index (χ0v) is 17.0. The lowest BCUT2D eigenvalue weighted by Crippen LogP contribution is -2.61. The Morgan fingerprint density at radius 3 is 2.68 bits per heavy atom. The molecule has 7 nitrogen and oxygen atoms in total. The zero-order chi connectivity index (χ0) is 21.0. The number of nitrogens with one attached hydrogen (secondary N) is 1. The van der Waals surface area contributed by atoms with Crippen LogP contribution in [0.5, 0.6) is 0 Å². The van der Waals surface area contributed by atoms with Crippen molar-refractivity contribution in [2.75, 3.05) is 18.0 Å². The van der Waals surface area contributed by atoms with Crippen LogP contribution in [0.1, 0.15) is 16.8 Å². The summed E-state index contributed by atoms with van der Waals surface area (Å²) in [6, 6.07) is 8.29. The van der Waals surface area contributed by atoms with Gasteiger partial charge in [0.05, 0.1) is 24.1 Å². The second-order valence-electron chi connectivity index (χ2n) is 8.27. The van der Waals surface area contributed by atoms with E-state index in [2.05, 4.69) is 45.4 Å². The van der Waals surface area contributed by atoms with Crippen molar-refractivity contribution in [3.63, 3.8) is 0 Å². The van der Waals surface area contributed by atoms with Crippen LogP contribution in [0.25, 0.3) is 21.9 Å². The van der Waals surface area contributed by atoms with Gasteiger partial charge in [0.25, 0.3) is 0 Å². The van der Waals surface area contributed by atoms with Crippen LogP contribution in [0, 0.1) is 6.92 Å². The fourth-order valence-electron chi connectivity index (χ4n) is 4.77. The van der Waals surface area contributed by atoms with Gasteiger partial charge >= 0.3 is 0 Å². The lowest BCUT2D eigenvalue weighted by atomic mass is 9.77. The van der Waals surface area contributed by atoms with Crippen LogP contribution in [-0.4, -0.2) is 38.9 Å². The highest BCUT2D eigenvalue weighted by Crippen LogP contribution is 2.45. The van der Waals surface area contributed by atoms with Crippen LogP contribution >= 0.6 is 0 Å². The smallest absolute Gasteiger partial charge is 0.240 e. The largest absolute Gasteiger partial charge is 0.314 e. The lowest BCUT2D eigenvalue weighted by molar-refractivity contribution is -0.125. The summed E-state index contributed by atoms with van der Waals surface area (Å²) in [4.78, 5) is 32.9. The van der Waals surface area contributed by atoms with Gasteiger partial charge in [-0.15, -0.1) is 0 Å². The number of anilines is 1. The normalized spacial score (nSPS) is 16.5. The maximum Gasteiger partial charge on any atom is 0.240 e. The molecule has 0 saturated carbocycles. The van der Waals surface area contributed by atoms with Crippen molar-refractivity contribution in [3.05, 3.63) is 78.4 Å². The van der Waals surface area contributed by atoms with Crippen LogP contribution in [0.4, 0.5) is 5.69 Å². The summed E-state index contributed by atoms with van der Waals surface area (Å²) in [5.74, 6) is 0.107. The quantitative estimate of drug-likeness (QED) is 0.561. The first-order valence-electron chi connectivity index (χ1n) is 10.3. The maximum absolute atomic E-state index is 13.5. The number of rotatable bonds is 3. The molecule has 152 valence electrons. The number of nitrogens with zero attached hydrogens (tertiary/aromatic N) is 5. The number of benzene rings is 1. The minimum Gasteiger partial charge on any atom is -0.314 e. The van der Waals surface area contributed by atoms with Gasteiger partial charge in [-0.25, -0.2) is 9.97 Å². The van der Waals surface area contributed by atoms with Crippen LogP contribution in [0.2, 0.25) is 0 Å². The third-order valence-electron chi connectivity index (χ3n) is 6.40. The highest BCUT2D eigenvalue weighted by Gasteiger charge is 2.54. The number of fused-ring (bicyclic) bond motifs is 3. The summed E-state index contributed by atoms with van der Waals surface area (Å²) in [6.45, 7) is 3.75. The number of hydrogen-bond donors (Lipinski definition) is 1. The van der Waals surface area contributed by atoms with Crippen molar-refractivity contribution in [3.8, 4) is 11.1 Å². The molecule has 0 unspecified atom stereocenters. The average molecular weight is 408 g/mol. The minimum atomic E-state index is -0.484. The minimum absolute atomic E-state index is 0.107. The van der Waals surface area contributed by atoms with E-state index in [4.69, 9.17) is 4.98 Å². The highest BCUT2D eigenvalue weighted by molar-refractivity contribution is 6.09. The fraction of sp³-hybridized carbons (Fsp3) is 0.208. The van der Waals surface area contributed by atoms with Crippen molar-refractivity contribution in [2.24, 2.45) is 0 Å². The second kappa shape index (κ2) is 6.65. The molecule has 2 aliphatic heterocycles. The predicted octanol–water partition coefficient (Wildman–Crippen LogP) is 2.78. The van der Waals surface area contributed by atoms with Gasteiger partial charge < -0.3 is 10.2 Å². The Kier molecular flexibility index (Phi) is 3.88. The first-order valence-corrected chi connectivity index (χ1v) is 10.3. The van der Waals surface area contributed by atoms with E-state index >= 15 is 0 Å². The molecule has 31 heavy (non-hydrogen) atoms. The van der Waals surface area contributed by atoms with Gasteiger partial charge in [-0.3, -0.25) is 14.8 Å². The van der Waals surface area contributed by atoms with Crippen molar-refractivity contribution in [2.45, 2.75) is 18.9 Å². The van der Waals surface area contributed by atoms with Crippen molar-refractivity contribution in [1.29, 1.82) is 0 Å². The Morgan fingerprint density at radius 2 is 1.90 bits per heavy atom. The molecule has 0 aliphatic carbocycles. The van der Waals surface area contributed by atoms with E-state index in [0.29, 0.717) is 19.6 Å². The first kappa shape index (κ1) is 18.1. The lowest BCUT2D eigenvalue weighted by Gasteiger charge is -2.38. The van der Waals surface area contributed by atoms with E-state index in [-0.39, 0.29) is 5.91 Å². The molecule has 5 heterocycles. The monoisotopic (exact) mass is 408 g/mol. The van der Waals surface area contributed by atoms with Gasteiger partial charge in [0.1, 0.15) is 11.7 Å². The van der Waals surface area contributed by atoms with E-state index in [1.807, 2.05) is 17.2 Å². The van der Waals surface area contributed by atoms with Crippen molar-refractivity contribution in [1.82, 2.24) is 25.3 Å². The Morgan fingerprint density at radius 1 is 1.06 bits per heavy atom. The molecule has 0 bridgehead atoms. The van der Waals surface area contributed by atoms with E-state index in [1.54, 1.807) is 24.8 Å². The average Bonchev–Trinajstić information content (AvgIpc) is 3.02. The van der Waals surface area contributed by atoms with Gasteiger partial charge in [0, 0.05) is 54.4 Å². The molecule has 1 N–H and O–H groups in total. The van der Waals surface area contributed by atoms with Gasteiger partial charge in [-0.1, -0.05) is 17.7 Å². The summed E-state index contributed by atoms with van der Waals surface area (Å²) in [7, 11) is 0. The van der Waals surface area contributed by atoms with E-state index < -0.39 is 5.41 Å². The van der Waals surface area contributed by atoms with Gasteiger partial charge in [-0.05, 0) is 30.0 Å². The number of carbonyl (C=O) groups excluding carboxylic acids is 1. The topological polar surface area (TPSA) is 83.9 Å². The third kappa shape index (κ3) is 2.60. The van der Waals surface area contributed by atoms with Crippen LogP contribution in [0.15, 0.2) is 61.6 Å². The number of aromatic nitrogens is 4. The molecule has 1 spiro atoms. The standard InChI is InChI=1S/C24H20N6O/c1-15-2-3-18-16(6-15)9-29-20(22(18)17-7-26-14-27-8-17)11-30-21-10-25-5-4-19(21)24(23(30)31)12-28-13-24/h2-10,14,28H,11-13H2,1H3. The second-order valence-corrected chi connectivity index (χ2v) is 8.27. The van der Waals surface area contributed by atoms with Crippen LogP contribution < -0.4 is 10.2 Å². The van der Waals surface area contributed by atoms with Crippen molar-refractivity contribution >= 4 is 22.4 Å². The van der Waals surface area contributed by atoms with Crippen LogP contribution in [-0.2, 0) is 16.8 Å². The fourth-order valence-corrected chi connectivity index (χ4v) is 4.77. The Balaban J connectivity index is 1.52. The van der Waals surface area contributed by atoms with Gasteiger partial charge in [-0.2, -0.15) is 0 Å². The number of hydrogen-bond acceptors (Lipinski definition) is 6. The molecular weight excluding hydrogens is 388 g/mol. The number of carbonyl (C=O) groups is 1. The van der Waals surface area contributed by atoms with Gasteiger partial charge in [0.15, 0.2) is 0 Å². The molecule has 0 atom stereocenters. The summed E-state index contributed by atoms with van der Waals surface area (Å²) >= 11 is 0. The first-order chi connectivity index (χ1) is 15.2. The number of pyridine rings is 2. The third-order valence-corrected chi connectivity index (χ3v) is 6.40. The molecule has 1 saturated heterocycles. The zero-order valence-electron chi connectivity index (χ0n) is 17.0. The molecular formula is C24H20N6O. The highest BCUT2D eigenvalue weighted by atomic mass is 16.2. The summed E-state index contributed by atoms with van der Waals surface area (Å²) in [5.41, 5.74) is 5.27. The summed E-state index contributed by atoms with van der Waals surface area (Å²) in [6.07, 6.45) is 10.5. The predicted molar refractivity (Wildman–Crippen MR) is 117 cm³/mol. The van der Waals surface area contributed by atoms with Gasteiger partial charge in [0.2, 0.25) is 5.91 Å².